The third-order valence-electron chi connectivity index (χ3n) is 2.56. The fraction of sp³-hybridized carbons (Fsp3) is 0. The molecule has 0 aromatic heterocycles. The zero-order chi connectivity index (χ0) is 15.4. The van der Waals surface area contributed by atoms with Crippen LogP contribution in [0, 0.1) is 0 Å². The maximum absolute atomic E-state index is 10.3. The lowest BCUT2D eigenvalue weighted by Gasteiger charge is -2.02. The number of fused-ring (bicyclic) bond motifs is 1. The number of hydrogen-bond acceptors (Lipinski definition) is 3. The van der Waals surface area contributed by atoms with E-state index in [0.717, 1.165) is 20.5 Å². The van der Waals surface area contributed by atoms with Crippen LogP contribution < -0.4 is 0 Å². The van der Waals surface area contributed by atoms with Gasteiger partial charge in [0, 0.05) is 21.3 Å². The van der Waals surface area contributed by atoms with Crippen LogP contribution in [0.3, 0.4) is 0 Å². The van der Waals surface area contributed by atoms with Crippen LogP contribution in [0.4, 0.5) is 0 Å². The van der Waals surface area contributed by atoms with Crippen molar-refractivity contribution in [1.29, 1.82) is 0 Å². The van der Waals surface area contributed by atoms with E-state index in [1.54, 1.807) is 30.7 Å². The van der Waals surface area contributed by atoms with Gasteiger partial charge >= 0.3 is 5.97 Å². The summed E-state index contributed by atoms with van der Waals surface area (Å²) in [6, 6.07) is 8.03. The summed E-state index contributed by atoms with van der Waals surface area (Å²) < 4.78 is 1.83. The first-order chi connectivity index (χ1) is 9.97. The zero-order valence-corrected chi connectivity index (χ0v) is 12.9. The van der Waals surface area contributed by atoms with Crippen molar-refractivity contribution in [2.24, 2.45) is 0 Å². The van der Waals surface area contributed by atoms with E-state index in [4.69, 9.17) is 21.9 Å². The number of benzene rings is 1. The first-order valence-electron chi connectivity index (χ1n) is 5.77. The van der Waals surface area contributed by atoms with Gasteiger partial charge in [-0.2, -0.15) is 4.73 Å². The van der Waals surface area contributed by atoms with Crippen molar-refractivity contribution in [3.8, 4) is 11.3 Å². The normalized spacial score (nSPS) is 10.0. The maximum Gasteiger partial charge on any atom is 0.335 e. The molecule has 0 spiro atoms. The Bertz CT molecular complexity index is 745. The lowest BCUT2D eigenvalue weighted by Crippen LogP contribution is -1.94. The number of hydrogen-bond donors (Lipinski definition) is 2. The molecule has 0 radical (unpaired) electrons. The van der Waals surface area contributed by atoms with Crippen molar-refractivity contribution >= 4 is 33.5 Å². The van der Waals surface area contributed by atoms with Crippen molar-refractivity contribution in [3.63, 3.8) is 0 Å². The summed E-state index contributed by atoms with van der Waals surface area (Å²) in [6.45, 7) is 0. The van der Waals surface area contributed by atoms with Crippen LogP contribution in [-0.4, -0.2) is 26.0 Å². The van der Waals surface area contributed by atoms with Crippen molar-refractivity contribution in [2.75, 3.05) is 0 Å². The second kappa shape index (κ2) is 6.60. The molecule has 0 unspecified atom stereocenters. The lowest BCUT2D eigenvalue weighted by molar-refractivity contribution is 0.0697. The summed E-state index contributed by atoms with van der Waals surface area (Å²) in [6.07, 6.45) is 4.83. The molecule has 1 aromatic carbocycles. The van der Waals surface area contributed by atoms with Gasteiger partial charge in [-0.3, -0.25) is 4.98 Å². The third-order valence-corrected chi connectivity index (χ3v) is 3.43. The number of carboxylic acids is 1. The lowest BCUT2D eigenvalue weighted by atomic mass is 10.2. The van der Waals surface area contributed by atoms with Gasteiger partial charge in [0.15, 0.2) is 0 Å². The van der Waals surface area contributed by atoms with Gasteiger partial charge in [0.05, 0.1) is 23.7 Å². The van der Waals surface area contributed by atoms with Crippen molar-refractivity contribution in [2.45, 2.75) is 0 Å². The molecule has 2 heterocycles. The molecule has 2 N–H and O–H groups in total. The molecule has 0 aliphatic carbocycles. The SMILES string of the molecule is O=C(O)c1cccc(Cl)c1.On1cc2nccc-2c(Br)c1. The molecule has 0 fully saturated rings. The Kier molecular flexibility index (Phi) is 4.82. The smallest absolute Gasteiger partial charge is 0.335 e. The van der Waals surface area contributed by atoms with Gasteiger partial charge < -0.3 is 10.3 Å². The standard InChI is InChI=1S/C7H5BrN2O.C7H5ClO2/c8-6-3-10(11)4-7-5(6)1-2-9-7;8-6-3-1-2-5(4-6)7(9)10/h1-4,11H;1-4H,(H,9,10). The molecule has 3 rings (SSSR count). The number of aromatic nitrogens is 2. The van der Waals surface area contributed by atoms with Gasteiger partial charge in [0.2, 0.25) is 0 Å². The van der Waals surface area contributed by atoms with E-state index in [9.17, 15) is 4.79 Å². The summed E-state index contributed by atoms with van der Waals surface area (Å²) in [5.74, 6) is -0.956. The number of carboxylic acid groups (broad SMARTS) is 1. The summed E-state index contributed by atoms with van der Waals surface area (Å²) in [5.41, 5.74) is 2.00. The minimum absolute atomic E-state index is 0.215. The molecule has 1 aromatic rings. The number of nitrogens with zero attached hydrogens (tertiary/aromatic N) is 2. The Morgan fingerprint density at radius 1 is 1.29 bits per heavy atom. The van der Waals surface area contributed by atoms with Crippen molar-refractivity contribution in [1.82, 2.24) is 9.71 Å². The molecule has 0 amide bonds. The first-order valence-corrected chi connectivity index (χ1v) is 6.95. The predicted molar refractivity (Wildman–Crippen MR) is 82.1 cm³/mol. The Balaban J connectivity index is 0.000000155. The molecule has 0 saturated heterocycles. The maximum atomic E-state index is 10.3. The fourth-order valence-corrected chi connectivity index (χ4v) is 2.36. The Morgan fingerprint density at radius 3 is 2.67 bits per heavy atom. The van der Waals surface area contributed by atoms with Crippen molar-refractivity contribution < 1.29 is 15.1 Å². The highest BCUT2D eigenvalue weighted by molar-refractivity contribution is 9.10. The van der Waals surface area contributed by atoms with E-state index < -0.39 is 5.97 Å². The Labute approximate surface area is 133 Å². The van der Waals surface area contributed by atoms with E-state index in [2.05, 4.69) is 20.9 Å². The van der Waals surface area contributed by atoms with E-state index in [-0.39, 0.29) is 5.56 Å². The number of pyridine rings is 1. The molecule has 21 heavy (non-hydrogen) atoms. The quantitative estimate of drug-likeness (QED) is 0.635. The average molecular weight is 370 g/mol. The predicted octanol–water partition coefficient (Wildman–Crippen LogP) is 4.03. The van der Waals surface area contributed by atoms with Crippen molar-refractivity contribution in [3.05, 3.63) is 64.0 Å². The van der Waals surface area contributed by atoms with Crippen LogP contribution in [0.1, 0.15) is 10.4 Å². The number of carbonyl (C=O) groups is 1. The zero-order valence-electron chi connectivity index (χ0n) is 10.6. The largest absolute Gasteiger partial charge is 0.478 e. The summed E-state index contributed by atoms with van der Waals surface area (Å²) in [7, 11) is 0. The van der Waals surface area contributed by atoms with E-state index >= 15 is 0 Å². The molecular formula is C14H10BrClN2O3. The number of aromatic carboxylic acids is 1. The first kappa shape index (κ1) is 15.3. The third kappa shape index (κ3) is 3.96. The summed E-state index contributed by atoms with van der Waals surface area (Å²) in [5, 5.41) is 18.0. The van der Waals surface area contributed by atoms with Crippen LogP contribution in [-0.2, 0) is 0 Å². The second-order valence-corrected chi connectivity index (χ2v) is 5.34. The van der Waals surface area contributed by atoms with Gasteiger partial charge in [0.1, 0.15) is 0 Å². The van der Waals surface area contributed by atoms with Gasteiger partial charge in [-0.15, -0.1) is 0 Å². The van der Waals surface area contributed by atoms with Crippen LogP contribution in [0.25, 0.3) is 11.3 Å². The van der Waals surface area contributed by atoms with Crippen LogP contribution in [0.5, 0.6) is 0 Å². The molecular weight excluding hydrogens is 360 g/mol. The minimum atomic E-state index is -0.956. The molecule has 5 nitrogen and oxygen atoms in total. The average Bonchev–Trinajstić information content (AvgIpc) is 2.88. The van der Waals surface area contributed by atoms with Gasteiger partial charge in [-0.1, -0.05) is 17.7 Å². The number of rotatable bonds is 1. The Morgan fingerprint density at radius 2 is 2.05 bits per heavy atom. The highest BCUT2D eigenvalue weighted by atomic mass is 79.9. The number of halogens is 2. The molecule has 0 atom stereocenters. The Hall–Kier alpha value is -2.05. The molecule has 7 heteroatoms. The van der Waals surface area contributed by atoms with Gasteiger partial charge in [-0.25, -0.2) is 4.79 Å². The molecule has 0 saturated carbocycles. The molecule has 2 aliphatic heterocycles. The van der Waals surface area contributed by atoms with Gasteiger partial charge in [0.25, 0.3) is 0 Å². The molecule has 108 valence electrons. The minimum Gasteiger partial charge on any atom is -0.478 e. The highest BCUT2D eigenvalue weighted by Crippen LogP contribution is 2.27. The van der Waals surface area contributed by atoms with Crippen LogP contribution >= 0.6 is 27.5 Å². The molecule has 2 aliphatic rings. The molecule has 0 bridgehead atoms. The van der Waals surface area contributed by atoms with Crippen LogP contribution in [0.15, 0.2) is 53.4 Å². The summed E-state index contributed by atoms with van der Waals surface area (Å²) in [4.78, 5) is 14.3. The van der Waals surface area contributed by atoms with E-state index in [1.807, 2.05) is 6.07 Å². The van der Waals surface area contributed by atoms with E-state index in [0.29, 0.717) is 5.02 Å². The monoisotopic (exact) mass is 368 g/mol. The summed E-state index contributed by atoms with van der Waals surface area (Å²) >= 11 is 8.83. The highest BCUT2D eigenvalue weighted by Gasteiger charge is 2.07. The topological polar surface area (TPSA) is 75.3 Å². The van der Waals surface area contributed by atoms with Gasteiger partial charge in [-0.05, 0) is 40.2 Å². The second-order valence-electron chi connectivity index (χ2n) is 4.05. The van der Waals surface area contributed by atoms with Crippen LogP contribution in [0.2, 0.25) is 5.02 Å². The fourth-order valence-electron chi connectivity index (χ4n) is 1.62. The van der Waals surface area contributed by atoms with E-state index in [1.165, 1.54) is 12.1 Å².